The lowest BCUT2D eigenvalue weighted by Crippen LogP contribution is -2.39. The van der Waals surface area contributed by atoms with Crippen molar-refractivity contribution in [3.63, 3.8) is 0 Å². The SMILES string of the molecule is CN(CC(C)(C)O)C(=O)c1cc2cc(F)ccc2s1. The van der Waals surface area contributed by atoms with Crippen molar-refractivity contribution < 1.29 is 14.3 Å². The number of hydrogen-bond donors (Lipinski definition) is 1. The number of carbonyl (C=O) groups excluding carboxylic acids is 1. The molecule has 0 radical (unpaired) electrons. The minimum atomic E-state index is -0.937. The molecule has 0 unspecified atom stereocenters. The molecule has 2 aromatic rings. The monoisotopic (exact) mass is 281 g/mol. The van der Waals surface area contributed by atoms with Crippen LogP contribution in [0.25, 0.3) is 10.1 Å². The molecule has 0 bridgehead atoms. The normalized spacial score (nSPS) is 11.8. The van der Waals surface area contributed by atoms with Gasteiger partial charge in [0.05, 0.1) is 10.5 Å². The molecule has 0 saturated carbocycles. The second-order valence-electron chi connectivity index (χ2n) is 5.27. The van der Waals surface area contributed by atoms with Crippen molar-refractivity contribution in [1.82, 2.24) is 4.90 Å². The Hall–Kier alpha value is -1.46. The van der Waals surface area contributed by atoms with Crippen molar-refractivity contribution in [2.75, 3.05) is 13.6 Å². The highest BCUT2D eigenvalue weighted by atomic mass is 32.1. The molecule has 1 amide bonds. The zero-order valence-corrected chi connectivity index (χ0v) is 11.9. The van der Waals surface area contributed by atoms with Crippen LogP contribution in [0.4, 0.5) is 4.39 Å². The third-order valence-corrected chi connectivity index (χ3v) is 3.76. The molecule has 0 saturated heterocycles. The van der Waals surface area contributed by atoms with Crippen molar-refractivity contribution >= 4 is 27.3 Å². The molecule has 0 fully saturated rings. The summed E-state index contributed by atoms with van der Waals surface area (Å²) in [5.74, 6) is -0.474. The fraction of sp³-hybridized carbons (Fsp3) is 0.357. The van der Waals surface area contributed by atoms with Crippen LogP contribution in [0.15, 0.2) is 24.3 Å². The predicted molar refractivity (Wildman–Crippen MR) is 75.0 cm³/mol. The number of carbonyl (C=O) groups is 1. The van der Waals surface area contributed by atoms with Crippen molar-refractivity contribution in [2.24, 2.45) is 0 Å². The predicted octanol–water partition coefficient (Wildman–Crippen LogP) is 2.88. The first-order chi connectivity index (χ1) is 8.76. The molecule has 0 aliphatic carbocycles. The lowest BCUT2D eigenvalue weighted by molar-refractivity contribution is 0.0370. The van der Waals surface area contributed by atoms with Crippen molar-refractivity contribution in [2.45, 2.75) is 19.4 Å². The van der Waals surface area contributed by atoms with Crippen LogP contribution >= 0.6 is 11.3 Å². The van der Waals surface area contributed by atoms with E-state index in [9.17, 15) is 14.3 Å². The van der Waals surface area contributed by atoms with E-state index in [1.807, 2.05) is 0 Å². The van der Waals surface area contributed by atoms with Gasteiger partial charge in [-0.3, -0.25) is 4.79 Å². The number of aliphatic hydroxyl groups is 1. The van der Waals surface area contributed by atoms with E-state index in [0.717, 1.165) is 10.1 Å². The van der Waals surface area contributed by atoms with E-state index in [-0.39, 0.29) is 18.3 Å². The maximum atomic E-state index is 13.1. The second kappa shape index (κ2) is 4.90. The van der Waals surface area contributed by atoms with Gasteiger partial charge in [0.25, 0.3) is 5.91 Å². The summed E-state index contributed by atoms with van der Waals surface area (Å²) in [6, 6.07) is 6.15. The van der Waals surface area contributed by atoms with Crippen LogP contribution in [0.1, 0.15) is 23.5 Å². The topological polar surface area (TPSA) is 40.5 Å². The molecule has 0 atom stereocenters. The van der Waals surface area contributed by atoms with Gasteiger partial charge in [0, 0.05) is 18.3 Å². The van der Waals surface area contributed by atoms with Crippen molar-refractivity contribution in [3.05, 3.63) is 35.0 Å². The van der Waals surface area contributed by atoms with Gasteiger partial charge in [0.2, 0.25) is 0 Å². The first-order valence-electron chi connectivity index (χ1n) is 5.93. The first-order valence-corrected chi connectivity index (χ1v) is 6.75. The number of hydrogen-bond acceptors (Lipinski definition) is 3. The van der Waals surface area contributed by atoms with Crippen LogP contribution in [0.5, 0.6) is 0 Å². The van der Waals surface area contributed by atoms with E-state index >= 15 is 0 Å². The fourth-order valence-corrected chi connectivity index (χ4v) is 3.00. The van der Waals surface area contributed by atoms with Gasteiger partial charge in [0.1, 0.15) is 5.82 Å². The molecule has 0 spiro atoms. The summed E-state index contributed by atoms with van der Waals surface area (Å²) in [5.41, 5.74) is -0.937. The maximum absolute atomic E-state index is 13.1. The molecule has 5 heteroatoms. The number of halogens is 1. The van der Waals surface area contributed by atoms with Crippen LogP contribution < -0.4 is 0 Å². The van der Waals surface area contributed by atoms with E-state index in [2.05, 4.69) is 0 Å². The van der Waals surface area contributed by atoms with Crippen LogP contribution in [0.3, 0.4) is 0 Å². The summed E-state index contributed by atoms with van der Waals surface area (Å²) in [6.07, 6.45) is 0. The molecule has 102 valence electrons. The van der Waals surface area contributed by atoms with Crippen LogP contribution in [0.2, 0.25) is 0 Å². The van der Waals surface area contributed by atoms with Crippen LogP contribution in [-0.2, 0) is 0 Å². The Bertz CT molecular complexity index is 615. The summed E-state index contributed by atoms with van der Waals surface area (Å²) >= 11 is 1.33. The van der Waals surface area contributed by atoms with E-state index in [4.69, 9.17) is 0 Å². The third kappa shape index (κ3) is 3.30. The molecule has 1 aromatic heterocycles. The van der Waals surface area contributed by atoms with Crippen molar-refractivity contribution in [3.8, 4) is 0 Å². The van der Waals surface area contributed by atoms with Gasteiger partial charge in [-0.15, -0.1) is 11.3 Å². The lowest BCUT2D eigenvalue weighted by Gasteiger charge is -2.25. The van der Waals surface area contributed by atoms with Crippen LogP contribution in [-0.4, -0.2) is 35.1 Å². The zero-order valence-electron chi connectivity index (χ0n) is 11.1. The number of fused-ring (bicyclic) bond motifs is 1. The van der Waals surface area contributed by atoms with Gasteiger partial charge in [-0.2, -0.15) is 0 Å². The summed E-state index contributed by atoms with van der Waals surface area (Å²) in [7, 11) is 1.64. The number of thiophene rings is 1. The van der Waals surface area contributed by atoms with Gasteiger partial charge in [0.15, 0.2) is 0 Å². The minimum Gasteiger partial charge on any atom is -0.389 e. The lowest BCUT2D eigenvalue weighted by atomic mass is 10.1. The second-order valence-corrected chi connectivity index (χ2v) is 6.35. The Morgan fingerprint density at radius 2 is 2.11 bits per heavy atom. The van der Waals surface area contributed by atoms with Gasteiger partial charge in [-0.25, -0.2) is 4.39 Å². The summed E-state index contributed by atoms with van der Waals surface area (Å²) in [6.45, 7) is 3.54. The highest BCUT2D eigenvalue weighted by Gasteiger charge is 2.21. The Morgan fingerprint density at radius 3 is 2.74 bits per heavy atom. The van der Waals surface area contributed by atoms with Crippen molar-refractivity contribution in [1.29, 1.82) is 0 Å². The molecule has 1 aromatic carbocycles. The number of rotatable bonds is 3. The minimum absolute atomic E-state index is 0.163. The fourth-order valence-electron chi connectivity index (χ4n) is 1.96. The van der Waals surface area contributed by atoms with E-state index in [1.54, 1.807) is 33.0 Å². The first kappa shape index (κ1) is 14.0. The van der Waals surface area contributed by atoms with Gasteiger partial charge in [-0.05, 0) is 43.5 Å². The highest BCUT2D eigenvalue weighted by Crippen LogP contribution is 2.27. The van der Waals surface area contributed by atoms with Crippen LogP contribution in [0, 0.1) is 5.82 Å². The number of nitrogens with zero attached hydrogens (tertiary/aromatic N) is 1. The van der Waals surface area contributed by atoms with Gasteiger partial charge >= 0.3 is 0 Å². The quantitative estimate of drug-likeness (QED) is 0.939. The number of amides is 1. The van der Waals surface area contributed by atoms with E-state index in [0.29, 0.717) is 4.88 Å². The molecular formula is C14H16FNO2S. The maximum Gasteiger partial charge on any atom is 0.263 e. The molecule has 2 rings (SSSR count). The highest BCUT2D eigenvalue weighted by molar-refractivity contribution is 7.20. The third-order valence-electron chi connectivity index (χ3n) is 2.66. The van der Waals surface area contributed by atoms with E-state index < -0.39 is 5.60 Å². The number of benzene rings is 1. The Labute approximate surface area is 115 Å². The number of likely N-dealkylation sites (N-methyl/N-ethyl adjacent to an activating group) is 1. The summed E-state index contributed by atoms with van der Waals surface area (Å²) in [5, 5.41) is 10.4. The van der Waals surface area contributed by atoms with Gasteiger partial charge < -0.3 is 10.0 Å². The zero-order chi connectivity index (χ0) is 14.2. The molecule has 1 heterocycles. The van der Waals surface area contributed by atoms with E-state index in [1.165, 1.54) is 28.4 Å². The molecule has 3 nitrogen and oxygen atoms in total. The summed E-state index contributed by atoms with van der Waals surface area (Å²) < 4.78 is 14.0. The Kier molecular flexibility index (Phi) is 3.60. The molecule has 19 heavy (non-hydrogen) atoms. The Morgan fingerprint density at radius 1 is 1.42 bits per heavy atom. The standard InChI is InChI=1S/C14H16FNO2S/c1-14(2,18)8-16(3)13(17)12-7-9-6-10(15)4-5-11(9)19-12/h4-7,18H,8H2,1-3H3. The molecule has 0 aliphatic rings. The van der Waals surface area contributed by atoms with Gasteiger partial charge in [-0.1, -0.05) is 0 Å². The summed E-state index contributed by atoms with van der Waals surface area (Å²) in [4.78, 5) is 14.2. The Balaban J connectivity index is 2.26. The largest absolute Gasteiger partial charge is 0.389 e. The molecule has 1 N–H and O–H groups in total. The molecular weight excluding hydrogens is 265 g/mol. The average Bonchev–Trinajstić information content (AvgIpc) is 2.68. The smallest absolute Gasteiger partial charge is 0.263 e. The molecule has 0 aliphatic heterocycles. The average molecular weight is 281 g/mol.